The van der Waals surface area contributed by atoms with E-state index in [4.69, 9.17) is 9.47 Å². The fraction of sp³-hybridized carbons (Fsp3) is 0.458. The summed E-state index contributed by atoms with van der Waals surface area (Å²) in [5, 5.41) is 6.84. The van der Waals surface area contributed by atoms with Gasteiger partial charge in [-0.2, -0.15) is 0 Å². The average molecular weight is 427 g/mol. The van der Waals surface area contributed by atoms with Crippen molar-refractivity contribution in [2.75, 3.05) is 40.0 Å². The molecular formula is C24H31FN4O2. The van der Waals surface area contributed by atoms with E-state index in [2.05, 4.69) is 26.6 Å². The van der Waals surface area contributed by atoms with Crippen LogP contribution < -0.4 is 20.1 Å². The SMILES string of the molecule is CN=C(NCCc1ccc2c(c1)OCO2)NCC1CCN(Cc2ccccc2F)CC1. The lowest BCUT2D eigenvalue weighted by atomic mass is 9.96. The highest BCUT2D eigenvalue weighted by Gasteiger charge is 2.20. The maximum absolute atomic E-state index is 13.9. The minimum absolute atomic E-state index is 0.109. The molecule has 166 valence electrons. The van der Waals surface area contributed by atoms with Crippen molar-refractivity contribution in [2.24, 2.45) is 10.9 Å². The third-order valence-electron chi connectivity index (χ3n) is 5.98. The van der Waals surface area contributed by atoms with Gasteiger partial charge in [-0.3, -0.25) is 9.89 Å². The van der Waals surface area contributed by atoms with E-state index in [-0.39, 0.29) is 5.82 Å². The molecule has 0 amide bonds. The van der Waals surface area contributed by atoms with Crippen LogP contribution in [0.1, 0.15) is 24.0 Å². The Kier molecular flexibility index (Phi) is 7.25. The number of nitrogens with one attached hydrogen (secondary N) is 2. The van der Waals surface area contributed by atoms with Crippen molar-refractivity contribution in [3.63, 3.8) is 0 Å². The molecule has 2 N–H and O–H groups in total. The number of hydrogen-bond acceptors (Lipinski definition) is 4. The van der Waals surface area contributed by atoms with Crippen molar-refractivity contribution in [3.8, 4) is 11.5 Å². The summed E-state index contributed by atoms with van der Waals surface area (Å²) >= 11 is 0. The van der Waals surface area contributed by atoms with Crippen molar-refractivity contribution in [1.29, 1.82) is 0 Å². The molecule has 2 aromatic carbocycles. The highest BCUT2D eigenvalue weighted by Crippen LogP contribution is 2.32. The molecule has 2 aliphatic heterocycles. The molecule has 0 aromatic heterocycles. The predicted molar refractivity (Wildman–Crippen MR) is 120 cm³/mol. The summed E-state index contributed by atoms with van der Waals surface area (Å²) < 4.78 is 24.7. The maximum Gasteiger partial charge on any atom is 0.231 e. The fourth-order valence-corrected chi connectivity index (χ4v) is 4.10. The largest absolute Gasteiger partial charge is 0.454 e. The Morgan fingerprint density at radius 1 is 1.10 bits per heavy atom. The lowest BCUT2D eigenvalue weighted by Gasteiger charge is -2.32. The van der Waals surface area contributed by atoms with Crippen LogP contribution in [-0.4, -0.2) is 50.9 Å². The monoisotopic (exact) mass is 426 g/mol. The highest BCUT2D eigenvalue weighted by atomic mass is 19.1. The third-order valence-corrected chi connectivity index (χ3v) is 5.98. The van der Waals surface area contributed by atoms with Gasteiger partial charge in [0.1, 0.15) is 5.82 Å². The number of hydrogen-bond donors (Lipinski definition) is 2. The normalized spacial score (nSPS) is 17.0. The molecule has 31 heavy (non-hydrogen) atoms. The summed E-state index contributed by atoms with van der Waals surface area (Å²) in [6, 6.07) is 13.1. The number of likely N-dealkylation sites (tertiary alicyclic amines) is 1. The Bertz CT molecular complexity index is 897. The standard InChI is InChI=1S/C24H31FN4O2/c1-26-24(27-11-8-18-6-7-22-23(14-18)31-17-30-22)28-15-19-9-12-29(13-10-19)16-20-4-2-3-5-21(20)25/h2-7,14,19H,8-13,15-17H2,1H3,(H2,26,27,28). The Balaban J connectivity index is 1.15. The van der Waals surface area contributed by atoms with Crippen LogP contribution in [0.25, 0.3) is 0 Å². The zero-order valence-electron chi connectivity index (χ0n) is 18.1. The zero-order chi connectivity index (χ0) is 21.5. The Morgan fingerprint density at radius 2 is 1.90 bits per heavy atom. The van der Waals surface area contributed by atoms with Crippen molar-refractivity contribution >= 4 is 5.96 Å². The van der Waals surface area contributed by atoms with E-state index >= 15 is 0 Å². The van der Waals surface area contributed by atoms with Crippen molar-refractivity contribution in [3.05, 3.63) is 59.4 Å². The number of nitrogens with zero attached hydrogens (tertiary/aromatic N) is 2. The lowest BCUT2D eigenvalue weighted by Crippen LogP contribution is -2.43. The zero-order valence-corrected chi connectivity index (χ0v) is 18.1. The van der Waals surface area contributed by atoms with Crippen LogP contribution >= 0.6 is 0 Å². The number of benzene rings is 2. The number of aliphatic imine (C=N–C) groups is 1. The minimum atomic E-state index is -0.109. The number of rotatable bonds is 7. The van der Waals surface area contributed by atoms with Crippen LogP contribution in [0, 0.1) is 11.7 Å². The second-order valence-electron chi connectivity index (χ2n) is 8.13. The molecule has 0 radical (unpaired) electrons. The molecular weight excluding hydrogens is 395 g/mol. The Hall–Kier alpha value is -2.80. The van der Waals surface area contributed by atoms with Crippen LogP contribution in [0.5, 0.6) is 11.5 Å². The van der Waals surface area contributed by atoms with Gasteiger partial charge in [0.05, 0.1) is 0 Å². The topological polar surface area (TPSA) is 58.1 Å². The van der Waals surface area contributed by atoms with Gasteiger partial charge in [0.25, 0.3) is 0 Å². The lowest BCUT2D eigenvalue weighted by molar-refractivity contribution is 0.174. The molecule has 0 spiro atoms. The summed E-state index contributed by atoms with van der Waals surface area (Å²) in [6.07, 6.45) is 3.09. The third kappa shape index (κ3) is 5.88. The van der Waals surface area contributed by atoms with Crippen LogP contribution in [0.2, 0.25) is 0 Å². The van der Waals surface area contributed by atoms with Gasteiger partial charge < -0.3 is 20.1 Å². The molecule has 0 saturated carbocycles. The molecule has 1 saturated heterocycles. The first-order chi connectivity index (χ1) is 15.2. The Morgan fingerprint density at radius 3 is 2.71 bits per heavy atom. The van der Waals surface area contributed by atoms with Gasteiger partial charge in [-0.1, -0.05) is 24.3 Å². The molecule has 4 rings (SSSR count). The first-order valence-electron chi connectivity index (χ1n) is 11.0. The van der Waals surface area contributed by atoms with E-state index in [0.29, 0.717) is 19.3 Å². The highest BCUT2D eigenvalue weighted by molar-refractivity contribution is 5.79. The van der Waals surface area contributed by atoms with Gasteiger partial charge >= 0.3 is 0 Å². The summed E-state index contributed by atoms with van der Waals surface area (Å²) in [4.78, 5) is 6.68. The number of halogens is 1. The summed E-state index contributed by atoms with van der Waals surface area (Å²) in [7, 11) is 1.80. The average Bonchev–Trinajstić information content (AvgIpc) is 3.26. The first-order valence-corrected chi connectivity index (χ1v) is 11.0. The summed E-state index contributed by atoms with van der Waals surface area (Å²) in [5.41, 5.74) is 1.99. The predicted octanol–water partition coefficient (Wildman–Crippen LogP) is 3.17. The number of ether oxygens (including phenoxy) is 2. The van der Waals surface area contributed by atoms with Crippen molar-refractivity contribution in [2.45, 2.75) is 25.8 Å². The minimum Gasteiger partial charge on any atom is -0.454 e. The van der Waals surface area contributed by atoms with Crippen molar-refractivity contribution in [1.82, 2.24) is 15.5 Å². The number of guanidine groups is 1. The number of fused-ring (bicyclic) bond motifs is 1. The van der Waals surface area contributed by atoms with Gasteiger partial charge in [-0.25, -0.2) is 4.39 Å². The summed E-state index contributed by atoms with van der Waals surface area (Å²) in [6.45, 7) is 4.68. The van der Waals surface area contributed by atoms with Gasteiger partial charge in [0.2, 0.25) is 6.79 Å². The van der Waals surface area contributed by atoms with Crippen LogP contribution in [0.4, 0.5) is 4.39 Å². The molecule has 2 aliphatic rings. The molecule has 2 heterocycles. The Labute approximate surface area is 183 Å². The molecule has 2 aromatic rings. The van der Waals surface area contributed by atoms with Crippen LogP contribution in [0.3, 0.4) is 0 Å². The van der Waals surface area contributed by atoms with E-state index in [1.807, 2.05) is 24.3 Å². The van der Waals surface area contributed by atoms with E-state index < -0.39 is 0 Å². The van der Waals surface area contributed by atoms with Gasteiger partial charge in [-0.05, 0) is 62.0 Å². The molecule has 7 heteroatoms. The quantitative estimate of drug-likeness (QED) is 0.526. The van der Waals surface area contributed by atoms with E-state index in [1.54, 1.807) is 13.1 Å². The maximum atomic E-state index is 13.9. The molecule has 1 fully saturated rings. The molecule has 6 nitrogen and oxygen atoms in total. The van der Waals surface area contributed by atoms with Gasteiger partial charge in [0.15, 0.2) is 17.5 Å². The second-order valence-corrected chi connectivity index (χ2v) is 8.13. The molecule has 0 atom stereocenters. The smallest absolute Gasteiger partial charge is 0.231 e. The van der Waals surface area contributed by atoms with E-state index in [9.17, 15) is 4.39 Å². The molecule has 0 unspecified atom stereocenters. The summed E-state index contributed by atoms with van der Waals surface area (Å²) in [5.74, 6) is 2.95. The first kappa shape index (κ1) is 21.4. The fourth-order valence-electron chi connectivity index (χ4n) is 4.10. The van der Waals surface area contributed by atoms with Gasteiger partial charge in [0, 0.05) is 32.2 Å². The second kappa shape index (κ2) is 10.5. The molecule has 0 aliphatic carbocycles. The van der Waals surface area contributed by atoms with E-state index in [1.165, 1.54) is 11.6 Å². The molecule has 0 bridgehead atoms. The van der Waals surface area contributed by atoms with Gasteiger partial charge in [-0.15, -0.1) is 0 Å². The van der Waals surface area contributed by atoms with Crippen LogP contribution in [-0.2, 0) is 13.0 Å². The van der Waals surface area contributed by atoms with Crippen LogP contribution in [0.15, 0.2) is 47.5 Å². The van der Waals surface area contributed by atoms with E-state index in [0.717, 1.165) is 68.5 Å². The number of piperidine rings is 1. The van der Waals surface area contributed by atoms with Crippen molar-refractivity contribution < 1.29 is 13.9 Å².